The molecule has 0 saturated carbocycles. The Hall–Kier alpha value is -1.19. The molecule has 1 aliphatic rings. The fraction of sp³-hybridized carbons (Fsp3) is 0.500. The van der Waals surface area contributed by atoms with E-state index in [-0.39, 0.29) is 42.4 Å². The first-order valence-corrected chi connectivity index (χ1v) is 8.66. The molecule has 1 aromatic rings. The molecule has 23 heavy (non-hydrogen) atoms. The summed E-state index contributed by atoms with van der Waals surface area (Å²) in [5, 5.41) is 2.62. The highest BCUT2D eigenvalue weighted by Crippen LogP contribution is 2.14. The van der Waals surface area contributed by atoms with Crippen LogP contribution in [-0.2, 0) is 26.1 Å². The standard InChI is InChI=1S/C14H21N3O4S.ClH/c15-8-14(18)16-9-11-3-5-13(6-4-11)22(19,20)17-10-12-2-1-7-21-12;/h3-6,12,17H,1-2,7-10,15H2,(H,16,18);1H. The summed E-state index contributed by atoms with van der Waals surface area (Å²) in [7, 11) is -3.54. The lowest BCUT2D eigenvalue weighted by molar-refractivity contribution is -0.119. The molecule has 1 saturated heterocycles. The van der Waals surface area contributed by atoms with Gasteiger partial charge in [-0.25, -0.2) is 13.1 Å². The van der Waals surface area contributed by atoms with Gasteiger partial charge in [0, 0.05) is 19.7 Å². The highest BCUT2D eigenvalue weighted by Gasteiger charge is 2.20. The van der Waals surface area contributed by atoms with Gasteiger partial charge in [0.15, 0.2) is 0 Å². The summed E-state index contributed by atoms with van der Waals surface area (Å²) in [5.41, 5.74) is 6.00. The van der Waals surface area contributed by atoms with Gasteiger partial charge in [-0.3, -0.25) is 4.79 Å². The van der Waals surface area contributed by atoms with Crippen LogP contribution in [0.5, 0.6) is 0 Å². The van der Waals surface area contributed by atoms with Crippen LogP contribution in [-0.4, -0.2) is 40.1 Å². The lowest BCUT2D eigenvalue weighted by Crippen LogP contribution is -2.32. The Morgan fingerprint density at radius 2 is 2.00 bits per heavy atom. The van der Waals surface area contributed by atoms with Crippen LogP contribution in [0.15, 0.2) is 29.2 Å². The zero-order valence-electron chi connectivity index (χ0n) is 12.7. The molecule has 1 atom stereocenters. The van der Waals surface area contributed by atoms with E-state index in [1.165, 1.54) is 12.1 Å². The Kier molecular flexibility index (Phi) is 7.93. The van der Waals surface area contributed by atoms with Gasteiger partial charge >= 0.3 is 0 Å². The van der Waals surface area contributed by atoms with Gasteiger partial charge in [-0.15, -0.1) is 12.4 Å². The van der Waals surface area contributed by atoms with E-state index in [4.69, 9.17) is 10.5 Å². The molecule has 1 fully saturated rings. The van der Waals surface area contributed by atoms with Crippen molar-refractivity contribution < 1.29 is 17.9 Å². The molecular weight excluding hydrogens is 342 g/mol. The summed E-state index contributed by atoms with van der Waals surface area (Å²) in [5.74, 6) is -0.255. The van der Waals surface area contributed by atoms with Crippen molar-refractivity contribution in [3.05, 3.63) is 29.8 Å². The molecule has 2 rings (SSSR count). The van der Waals surface area contributed by atoms with Crippen molar-refractivity contribution >= 4 is 28.3 Å². The van der Waals surface area contributed by atoms with E-state index in [2.05, 4.69) is 10.0 Å². The minimum absolute atomic E-state index is 0. The van der Waals surface area contributed by atoms with E-state index in [0.717, 1.165) is 18.4 Å². The maximum atomic E-state index is 12.2. The molecule has 1 aliphatic heterocycles. The number of nitrogens with one attached hydrogen (secondary N) is 2. The Bertz CT molecular complexity index is 601. The Morgan fingerprint density at radius 3 is 2.57 bits per heavy atom. The number of nitrogens with two attached hydrogens (primary N) is 1. The van der Waals surface area contributed by atoms with Gasteiger partial charge < -0.3 is 15.8 Å². The van der Waals surface area contributed by atoms with Crippen LogP contribution >= 0.6 is 12.4 Å². The molecule has 1 unspecified atom stereocenters. The van der Waals surface area contributed by atoms with E-state index in [0.29, 0.717) is 13.2 Å². The SMILES string of the molecule is Cl.NCC(=O)NCc1ccc(S(=O)(=O)NCC2CCCO2)cc1. The largest absolute Gasteiger partial charge is 0.377 e. The van der Waals surface area contributed by atoms with E-state index >= 15 is 0 Å². The van der Waals surface area contributed by atoms with Crippen LogP contribution < -0.4 is 15.8 Å². The number of hydrogen-bond acceptors (Lipinski definition) is 5. The molecule has 1 amide bonds. The van der Waals surface area contributed by atoms with Crippen molar-refractivity contribution in [3.63, 3.8) is 0 Å². The second-order valence-corrected chi connectivity index (χ2v) is 6.88. The maximum Gasteiger partial charge on any atom is 0.240 e. The number of amides is 1. The van der Waals surface area contributed by atoms with Crippen LogP contribution in [0.1, 0.15) is 18.4 Å². The molecule has 7 nitrogen and oxygen atoms in total. The number of rotatable bonds is 7. The number of halogens is 1. The van der Waals surface area contributed by atoms with Crippen LogP contribution in [0.2, 0.25) is 0 Å². The first-order chi connectivity index (χ1) is 10.5. The average molecular weight is 364 g/mol. The number of carbonyl (C=O) groups excluding carboxylic acids is 1. The fourth-order valence-corrected chi connectivity index (χ4v) is 3.22. The molecule has 9 heteroatoms. The zero-order valence-corrected chi connectivity index (χ0v) is 14.3. The van der Waals surface area contributed by atoms with Gasteiger partial charge in [-0.05, 0) is 30.5 Å². The molecule has 130 valence electrons. The van der Waals surface area contributed by atoms with Crippen molar-refractivity contribution in [2.75, 3.05) is 19.7 Å². The number of ether oxygens (including phenoxy) is 1. The number of carbonyl (C=O) groups is 1. The normalized spacial score (nSPS) is 17.5. The fourth-order valence-electron chi connectivity index (χ4n) is 2.15. The van der Waals surface area contributed by atoms with Crippen LogP contribution in [0, 0.1) is 0 Å². The first kappa shape index (κ1) is 19.9. The molecule has 0 bridgehead atoms. The van der Waals surface area contributed by atoms with Crippen molar-refractivity contribution in [2.45, 2.75) is 30.4 Å². The molecule has 0 radical (unpaired) electrons. The Morgan fingerprint density at radius 1 is 1.30 bits per heavy atom. The van der Waals surface area contributed by atoms with E-state index in [9.17, 15) is 13.2 Å². The topological polar surface area (TPSA) is 111 Å². The summed E-state index contributed by atoms with van der Waals surface area (Å²) in [6.45, 7) is 1.23. The lowest BCUT2D eigenvalue weighted by Gasteiger charge is -2.12. The predicted octanol–water partition coefficient (Wildman–Crippen LogP) is 0.141. The third-order valence-corrected chi connectivity index (χ3v) is 4.87. The molecule has 0 spiro atoms. The summed E-state index contributed by atoms with van der Waals surface area (Å²) in [4.78, 5) is 11.3. The quantitative estimate of drug-likeness (QED) is 0.638. The van der Waals surface area contributed by atoms with Gasteiger partial charge in [0.05, 0.1) is 17.5 Å². The van der Waals surface area contributed by atoms with Crippen LogP contribution in [0.25, 0.3) is 0 Å². The highest BCUT2D eigenvalue weighted by molar-refractivity contribution is 7.89. The van der Waals surface area contributed by atoms with Crippen LogP contribution in [0.3, 0.4) is 0 Å². The summed E-state index contributed by atoms with van der Waals surface area (Å²) in [6.07, 6.45) is 1.80. The molecule has 1 aromatic carbocycles. The minimum Gasteiger partial charge on any atom is -0.377 e. The smallest absolute Gasteiger partial charge is 0.240 e. The third kappa shape index (κ3) is 6.08. The average Bonchev–Trinajstić information content (AvgIpc) is 3.04. The lowest BCUT2D eigenvalue weighted by atomic mass is 10.2. The summed E-state index contributed by atoms with van der Waals surface area (Å²) < 4.78 is 32.3. The Labute approximate surface area is 142 Å². The minimum atomic E-state index is -3.54. The van der Waals surface area contributed by atoms with Gasteiger partial charge in [-0.2, -0.15) is 0 Å². The number of benzene rings is 1. The van der Waals surface area contributed by atoms with Crippen molar-refractivity contribution in [1.82, 2.24) is 10.0 Å². The predicted molar refractivity (Wildman–Crippen MR) is 88.8 cm³/mol. The van der Waals surface area contributed by atoms with E-state index in [1.807, 2.05) is 0 Å². The molecular formula is C14H22ClN3O4S. The van der Waals surface area contributed by atoms with Gasteiger partial charge in [0.25, 0.3) is 0 Å². The van der Waals surface area contributed by atoms with Crippen molar-refractivity contribution in [1.29, 1.82) is 0 Å². The second-order valence-electron chi connectivity index (χ2n) is 5.11. The van der Waals surface area contributed by atoms with Gasteiger partial charge in [0.2, 0.25) is 15.9 Å². The second kappa shape index (κ2) is 9.19. The van der Waals surface area contributed by atoms with E-state index < -0.39 is 10.0 Å². The summed E-state index contributed by atoms with van der Waals surface area (Å²) in [6, 6.07) is 6.36. The monoisotopic (exact) mass is 363 g/mol. The molecule has 1 heterocycles. The molecule has 0 aliphatic carbocycles. The van der Waals surface area contributed by atoms with Crippen LogP contribution in [0.4, 0.5) is 0 Å². The van der Waals surface area contributed by atoms with Crippen molar-refractivity contribution in [2.24, 2.45) is 5.73 Å². The zero-order chi connectivity index (χ0) is 16.0. The third-order valence-electron chi connectivity index (χ3n) is 3.43. The van der Waals surface area contributed by atoms with Gasteiger partial charge in [0.1, 0.15) is 0 Å². The van der Waals surface area contributed by atoms with Gasteiger partial charge in [-0.1, -0.05) is 12.1 Å². The molecule has 0 aromatic heterocycles. The molecule has 4 N–H and O–H groups in total. The first-order valence-electron chi connectivity index (χ1n) is 7.18. The summed E-state index contributed by atoms with van der Waals surface area (Å²) >= 11 is 0. The van der Waals surface area contributed by atoms with Crippen molar-refractivity contribution in [3.8, 4) is 0 Å². The highest BCUT2D eigenvalue weighted by atomic mass is 35.5. The van der Waals surface area contributed by atoms with E-state index in [1.54, 1.807) is 12.1 Å². The number of sulfonamides is 1. The maximum absolute atomic E-state index is 12.2. The Balaban J connectivity index is 0.00000264. The number of hydrogen-bond donors (Lipinski definition) is 3.